The molecule has 0 saturated carbocycles. The second-order valence-electron chi connectivity index (χ2n) is 14.5. The van der Waals surface area contributed by atoms with Gasteiger partial charge in [0.05, 0.1) is 30.4 Å². The van der Waals surface area contributed by atoms with Crippen LogP contribution in [0.1, 0.15) is 78.6 Å². The number of aromatic nitrogens is 1. The zero-order valence-electron chi connectivity index (χ0n) is 29.8. The van der Waals surface area contributed by atoms with Gasteiger partial charge in [-0.05, 0) is 77.2 Å². The van der Waals surface area contributed by atoms with Gasteiger partial charge in [0, 0.05) is 18.5 Å². The van der Waals surface area contributed by atoms with Crippen molar-refractivity contribution in [3.63, 3.8) is 0 Å². The molecule has 5 rings (SSSR count). The Labute approximate surface area is 292 Å². The summed E-state index contributed by atoms with van der Waals surface area (Å²) in [5.74, 6) is -2.76. The number of nitrogens with one attached hydrogen (secondary N) is 3. The summed E-state index contributed by atoms with van der Waals surface area (Å²) >= 11 is 0. The fourth-order valence-electron chi connectivity index (χ4n) is 6.07. The molecule has 14 heteroatoms. The molecule has 0 radical (unpaired) electrons. The maximum Gasteiger partial charge on any atom is 0.410 e. The topological polar surface area (TPSA) is 168 Å². The van der Waals surface area contributed by atoms with Gasteiger partial charge < -0.3 is 29.7 Å². The van der Waals surface area contributed by atoms with Gasteiger partial charge in [-0.25, -0.2) is 15.0 Å². The highest BCUT2D eigenvalue weighted by Crippen LogP contribution is 2.28. The van der Waals surface area contributed by atoms with Gasteiger partial charge in [-0.2, -0.15) is 0 Å². The summed E-state index contributed by atoms with van der Waals surface area (Å²) in [6.45, 7) is 12.4. The van der Waals surface area contributed by atoms with Gasteiger partial charge in [-0.15, -0.1) is 0 Å². The predicted octanol–water partition coefficient (Wildman–Crippen LogP) is 3.01. The largest absolute Gasteiger partial charge is 0.450 e. The first-order valence-corrected chi connectivity index (χ1v) is 17.2. The van der Waals surface area contributed by atoms with Crippen molar-refractivity contribution in [2.75, 3.05) is 26.2 Å². The van der Waals surface area contributed by atoms with Crippen LogP contribution in [0.4, 0.5) is 4.79 Å². The van der Waals surface area contributed by atoms with Crippen molar-refractivity contribution in [1.29, 1.82) is 0 Å². The number of nitrogens with zero attached hydrogens (tertiary/aromatic N) is 3. The minimum absolute atomic E-state index is 0.00116. The average molecular weight is 693 g/mol. The van der Waals surface area contributed by atoms with Crippen LogP contribution < -0.4 is 16.1 Å². The standard InChI is InChI=1S/C36H48N6O8/c1-21(2)29-31(44)38-23(4)32(45)42-16-8-9-27(40-42)30(43)37-22(3)26-13-12-25-11-10-24(19-28(25)39-26)14-15-36(33(46)49-29)20-41(17-18-48-36)34(47)50-35(5,6)7/h10-15,19,21-23,27,29,40H,8-9,16-18,20H2,1-7H3,(H,37,43)(H,38,44)/b15-14+/t22-,23+,27+,29?,36?/m1/s1. The number of cyclic esters (lactones) is 1. The molecule has 3 aliphatic rings. The number of hydrogen-bond donors (Lipinski definition) is 3. The number of morpholine rings is 1. The molecule has 2 fully saturated rings. The first kappa shape index (κ1) is 36.7. The Hall–Kier alpha value is -4.56. The average Bonchev–Trinajstić information content (AvgIpc) is 3.07. The predicted molar refractivity (Wildman–Crippen MR) is 184 cm³/mol. The first-order chi connectivity index (χ1) is 23.5. The Morgan fingerprint density at radius 3 is 2.46 bits per heavy atom. The number of ether oxygens (including phenoxy) is 3. The summed E-state index contributed by atoms with van der Waals surface area (Å²) in [6.07, 6.45) is 2.40. The normalized spacial score (nSPS) is 27.9. The summed E-state index contributed by atoms with van der Waals surface area (Å²) in [5, 5.41) is 7.91. The number of carbonyl (C=O) groups is 5. The van der Waals surface area contributed by atoms with Gasteiger partial charge in [0.2, 0.25) is 11.5 Å². The number of amides is 4. The van der Waals surface area contributed by atoms with Gasteiger partial charge in [0.1, 0.15) is 17.7 Å². The van der Waals surface area contributed by atoms with Crippen LogP contribution in [0.2, 0.25) is 0 Å². The molecular formula is C36H48N6O8. The molecule has 50 heavy (non-hydrogen) atoms. The number of carbonyl (C=O) groups excluding carboxylic acids is 5. The molecule has 5 bridgehead atoms. The highest BCUT2D eigenvalue weighted by molar-refractivity contribution is 5.93. The molecule has 4 amide bonds. The summed E-state index contributed by atoms with van der Waals surface area (Å²) in [5.41, 5.74) is 2.44. The lowest BCUT2D eigenvalue weighted by atomic mass is 9.98. The summed E-state index contributed by atoms with van der Waals surface area (Å²) in [4.78, 5) is 74.0. The fourth-order valence-corrected chi connectivity index (χ4v) is 6.07. The van der Waals surface area contributed by atoms with Crippen LogP contribution in [-0.4, -0.2) is 100 Å². The van der Waals surface area contributed by atoms with Gasteiger partial charge >= 0.3 is 12.1 Å². The van der Waals surface area contributed by atoms with E-state index in [1.54, 1.807) is 40.7 Å². The molecule has 2 aromatic rings. The first-order valence-electron chi connectivity index (χ1n) is 17.2. The van der Waals surface area contributed by atoms with Crippen molar-refractivity contribution >= 4 is 46.8 Å². The minimum Gasteiger partial charge on any atom is -0.450 e. The van der Waals surface area contributed by atoms with E-state index in [-0.39, 0.29) is 25.6 Å². The van der Waals surface area contributed by atoms with Crippen LogP contribution in [0.5, 0.6) is 0 Å². The zero-order valence-corrected chi connectivity index (χ0v) is 29.8. The quantitative estimate of drug-likeness (QED) is 0.378. The fraction of sp³-hybridized carbons (Fsp3) is 0.556. The lowest BCUT2D eigenvalue weighted by Crippen LogP contribution is -2.61. The van der Waals surface area contributed by atoms with E-state index < -0.39 is 65.2 Å². The highest BCUT2D eigenvalue weighted by Gasteiger charge is 2.47. The van der Waals surface area contributed by atoms with Crippen LogP contribution in [0, 0.1) is 5.92 Å². The van der Waals surface area contributed by atoms with E-state index in [0.717, 1.165) is 5.39 Å². The second kappa shape index (κ2) is 14.7. The number of benzene rings is 1. The number of pyridine rings is 1. The highest BCUT2D eigenvalue weighted by atomic mass is 16.6. The molecule has 1 aromatic carbocycles. The Balaban J connectivity index is 1.55. The van der Waals surface area contributed by atoms with Gasteiger partial charge in [0.25, 0.3) is 11.8 Å². The van der Waals surface area contributed by atoms with Gasteiger partial charge in [0.15, 0.2) is 6.10 Å². The molecule has 5 atom stereocenters. The molecule has 3 aliphatic heterocycles. The van der Waals surface area contributed by atoms with E-state index in [0.29, 0.717) is 36.2 Å². The van der Waals surface area contributed by atoms with Crippen molar-refractivity contribution < 1.29 is 38.2 Å². The number of fused-ring (bicyclic) bond motifs is 4. The molecule has 0 aliphatic carbocycles. The SMILES string of the molecule is CC(C)C1OC(=O)C2(/C=C/c3ccc4ccc(nc4c3)[C@@H](C)NC(=O)[C@@H]3CCCN(N3)C(=O)[C@H](C)NC1=O)CN(C(=O)OC(C)(C)C)CCO2. The van der Waals surface area contributed by atoms with E-state index in [2.05, 4.69) is 16.1 Å². The third kappa shape index (κ3) is 8.41. The van der Waals surface area contributed by atoms with Crippen molar-refractivity contribution in [3.8, 4) is 0 Å². The van der Waals surface area contributed by atoms with Crippen molar-refractivity contribution in [1.82, 2.24) is 31.0 Å². The molecule has 4 heterocycles. The second-order valence-corrected chi connectivity index (χ2v) is 14.5. The number of hydrazine groups is 1. The monoisotopic (exact) mass is 692 g/mol. The maximum absolute atomic E-state index is 14.2. The Kier molecular flexibility index (Phi) is 10.8. The lowest BCUT2D eigenvalue weighted by Gasteiger charge is -2.40. The molecule has 2 unspecified atom stereocenters. The molecule has 14 nitrogen and oxygen atoms in total. The van der Waals surface area contributed by atoms with E-state index in [1.165, 1.54) is 22.9 Å². The Bertz CT molecular complexity index is 1670. The summed E-state index contributed by atoms with van der Waals surface area (Å²) in [7, 11) is 0. The smallest absolute Gasteiger partial charge is 0.410 e. The Morgan fingerprint density at radius 2 is 1.74 bits per heavy atom. The molecule has 270 valence electrons. The molecule has 1 spiro atoms. The van der Waals surface area contributed by atoms with E-state index in [9.17, 15) is 24.0 Å². The van der Waals surface area contributed by atoms with Gasteiger partial charge in [-0.1, -0.05) is 38.1 Å². The van der Waals surface area contributed by atoms with Crippen LogP contribution >= 0.6 is 0 Å². The maximum atomic E-state index is 14.2. The minimum atomic E-state index is -1.79. The zero-order chi connectivity index (χ0) is 36.4. The molecule has 2 saturated heterocycles. The summed E-state index contributed by atoms with van der Waals surface area (Å²) < 4.78 is 17.6. The van der Waals surface area contributed by atoms with Crippen molar-refractivity contribution in [2.45, 2.75) is 96.7 Å². The number of esters is 1. The molecule has 3 N–H and O–H groups in total. The van der Waals surface area contributed by atoms with E-state index in [4.69, 9.17) is 19.2 Å². The lowest BCUT2D eigenvalue weighted by molar-refractivity contribution is -0.183. The van der Waals surface area contributed by atoms with Gasteiger partial charge in [-0.3, -0.25) is 24.4 Å². The van der Waals surface area contributed by atoms with E-state index in [1.807, 2.05) is 37.3 Å². The summed E-state index contributed by atoms with van der Waals surface area (Å²) in [6, 6.07) is 7.26. The number of rotatable bonds is 1. The van der Waals surface area contributed by atoms with E-state index >= 15 is 0 Å². The molecule has 1 aromatic heterocycles. The Morgan fingerprint density at radius 1 is 1.02 bits per heavy atom. The number of hydrogen-bond acceptors (Lipinski definition) is 10. The van der Waals surface area contributed by atoms with Crippen molar-refractivity contribution in [3.05, 3.63) is 47.7 Å². The van der Waals surface area contributed by atoms with Crippen LogP contribution in [-0.2, 0) is 33.4 Å². The third-order valence-corrected chi connectivity index (χ3v) is 8.82. The van der Waals surface area contributed by atoms with Crippen LogP contribution in [0.25, 0.3) is 17.0 Å². The van der Waals surface area contributed by atoms with Crippen molar-refractivity contribution in [2.24, 2.45) is 5.92 Å². The molecular weight excluding hydrogens is 644 g/mol. The van der Waals surface area contributed by atoms with Crippen LogP contribution in [0.3, 0.4) is 0 Å². The third-order valence-electron chi connectivity index (χ3n) is 8.82. The van der Waals surface area contributed by atoms with Crippen LogP contribution in [0.15, 0.2) is 36.4 Å².